The van der Waals surface area contributed by atoms with Gasteiger partial charge in [0.1, 0.15) is 0 Å². The number of allylic oxidation sites excluding steroid dienone is 1. The molecular formula is C17H22N2. The maximum absolute atomic E-state index is 8.78. The van der Waals surface area contributed by atoms with Gasteiger partial charge >= 0.3 is 0 Å². The van der Waals surface area contributed by atoms with Crippen molar-refractivity contribution in [2.45, 2.75) is 45.1 Å². The Bertz CT molecular complexity index is 465. The van der Waals surface area contributed by atoms with E-state index in [1.807, 2.05) is 24.3 Å². The lowest BCUT2D eigenvalue weighted by Gasteiger charge is -2.17. The van der Waals surface area contributed by atoms with Crippen molar-refractivity contribution in [1.82, 2.24) is 5.32 Å². The minimum Gasteiger partial charge on any atom is -0.310 e. The molecule has 1 atom stereocenters. The Morgan fingerprint density at radius 2 is 2.05 bits per heavy atom. The second-order valence-electron chi connectivity index (χ2n) is 5.27. The van der Waals surface area contributed by atoms with Crippen molar-refractivity contribution in [3.05, 3.63) is 47.0 Å². The minimum atomic E-state index is 0.344. The van der Waals surface area contributed by atoms with Crippen LogP contribution in [0.25, 0.3) is 0 Å². The smallest absolute Gasteiger partial charge is 0.0991 e. The monoisotopic (exact) mass is 254 g/mol. The normalized spacial score (nSPS) is 16.5. The van der Waals surface area contributed by atoms with Crippen LogP contribution in [0.1, 0.15) is 56.2 Å². The Hall–Kier alpha value is -1.59. The van der Waals surface area contributed by atoms with E-state index in [-0.39, 0.29) is 0 Å². The number of hydrogen-bond donors (Lipinski definition) is 1. The van der Waals surface area contributed by atoms with Gasteiger partial charge in [0.05, 0.1) is 11.6 Å². The molecule has 0 radical (unpaired) electrons. The van der Waals surface area contributed by atoms with Gasteiger partial charge in [-0.1, -0.05) is 23.8 Å². The molecule has 0 saturated heterocycles. The van der Waals surface area contributed by atoms with Gasteiger partial charge in [0.25, 0.3) is 0 Å². The molecule has 0 aliphatic heterocycles. The first-order valence-corrected chi connectivity index (χ1v) is 7.21. The number of nitrogens with one attached hydrogen (secondary N) is 1. The zero-order valence-electron chi connectivity index (χ0n) is 11.7. The van der Waals surface area contributed by atoms with Crippen molar-refractivity contribution in [3.8, 4) is 6.07 Å². The van der Waals surface area contributed by atoms with Gasteiger partial charge < -0.3 is 5.32 Å². The van der Waals surface area contributed by atoms with Gasteiger partial charge in [-0.2, -0.15) is 5.26 Å². The van der Waals surface area contributed by atoms with Crippen LogP contribution >= 0.6 is 0 Å². The van der Waals surface area contributed by atoms with E-state index in [4.69, 9.17) is 5.26 Å². The van der Waals surface area contributed by atoms with Crippen molar-refractivity contribution in [1.29, 1.82) is 5.26 Å². The third-order valence-corrected chi connectivity index (χ3v) is 3.82. The average molecular weight is 254 g/mol. The van der Waals surface area contributed by atoms with Crippen molar-refractivity contribution >= 4 is 0 Å². The van der Waals surface area contributed by atoms with Crippen LogP contribution in [-0.4, -0.2) is 6.54 Å². The van der Waals surface area contributed by atoms with Crippen LogP contribution in [0.5, 0.6) is 0 Å². The highest BCUT2D eigenvalue weighted by Gasteiger charge is 2.06. The average Bonchev–Trinajstić information content (AvgIpc) is 2.48. The van der Waals surface area contributed by atoms with E-state index in [0.717, 1.165) is 12.1 Å². The number of nitrogens with zero attached hydrogens (tertiary/aromatic N) is 1. The zero-order chi connectivity index (χ0) is 13.5. The van der Waals surface area contributed by atoms with Gasteiger partial charge in [-0.25, -0.2) is 0 Å². The first kappa shape index (κ1) is 13.8. The summed E-state index contributed by atoms with van der Waals surface area (Å²) in [6.07, 6.45) is 8.85. The fraction of sp³-hybridized carbons (Fsp3) is 0.471. The fourth-order valence-corrected chi connectivity index (χ4v) is 2.55. The third kappa shape index (κ3) is 4.22. The Kier molecular flexibility index (Phi) is 5.18. The van der Waals surface area contributed by atoms with Gasteiger partial charge in [0.2, 0.25) is 0 Å². The molecule has 19 heavy (non-hydrogen) atoms. The first-order chi connectivity index (χ1) is 9.29. The maximum atomic E-state index is 8.78. The van der Waals surface area contributed by atoms with Crippen molar-refractivity contribution < 1.29 is 0 Å². The molecule has 0 amide bonds. The molecule has 1 aliphatic rings. The van der Waals surface area contributed by atoms with Crippen LogP contribution in [0.4, 0.5) is 0 Å². The lowest BCUT2D eigenvalue weighted by Crippen LogP contribution is -2.20. The lowest BCUT2D eigenvalue weighted by atomic mass is 9.97. The molecule has 100 valence electrons. The van der Waals surface area contributed by atoms with Gasteiger partial charge in [0, 0.05) is 6.04 Å². The quantitative estimate of drug-likeness (QED) is 0.803. The number of benzene rings is 1. The molecule has 0 aromatic heterocycles. The number of rotatable bonds is 5. The SMILES string of the molecule is CC(NCCC1=CCCCC1)c1ccc(C#N)cc1. The largest absolute Gasteiger partial charge is 0.310 e. The summed E-state index contributed by atoms with van der Waals surface area (Å²) in [5.41, 5.74) is 3.59. The van der Waals surface area contributed by atoms with E-state index in [9.17, 15) is 0 Å². The molecule has 0 spiro atoms. The molecule has 0 heterocycles. The van der Waals surface area contributed by atoms with Crippen LogP contribution in [0, 0.1) is 11.3 Å². The van der Waals surface area contributed by atoms with Crippen molar-refractivity contribution in [2.24, 2.45) is 0 Å². The summed E-state index contributed by atoms with van der Waals surface area (Å²) >= 11 is 0. The Balaban J connectivity index is 1.78. The van der Waals surface area contributed by atoms with E-state index in [1.54, 1.807) is 5.57 Å². The molecule has 1 aliphatic carbocycles. The highest BCUT2D eigenvalue weighted by molar-refractivity contribution is 5.32. The lowest BCUT2D eigenvalue weighted by molar-refractivity contribution is 0.562. The Morgan fingerprint density at radius 1 is 1.26 bits per heavy atom. The van der Waals surface area contributed by atoms with Crippen LogP contribution in [0.3, 0.4) is 0 Å². The molecule has 0 fully saturated rings. The predicted molar refractivity (Wildman–Crippen MR) is 78.7 cm³/mol. The zero-order valence-corrected chi connectivity index (χ0v) is 11.7. The number of nitriles is 1. The van der Waals surface area contributed by atoms with Crippen LogP contribution < -0.4 is 5.32 Å². The molecule has 1 N–H and O–H groups in total. The van der Waals surface area contributed by atoms with Gasteiger partial charge in [-0.3, -0.25) is 0 Å². The summed E-state index contributed by atoms with van der Waals surface area (Å²) < 4.78 is 0. The third-order valence-electron chi connectivity index (χ3n) is 3.82. The van der Waals surface area contributed by atoms with Crippen molar-refractivity contribution in [2.75, 3.05) is 6.54 Å². The Labute approximate surface area is 116 Å². The second kappa shape index (κ2) is 7.11. The highest BCUT2D eigenvalue weighted by atomic mass is 14.9. The summed E-state index contributed by atoms with van der Waals surface area (Å²) in [6, 6.07) is 10.3. The topological polar surface area (TPSA) is 35.8 Å². The summed E-state index contributed by atoms with van der Waals surface area (Å²) in [5.74, 6) is 0. The molecule has 1 aromatic rings. The highest BCUT2D eigenvalue weighted by Crippen LogP contribution is 2.20. The van der Waals surface area contributed by atoms with E-state index >= 15 is 0 Å². The predicted octanol–water partition coefficient (Wildman–Crippen LogP) is 4.10. The molecule has 0 bridgehead atoms. The second-order valence-corrected chi connectivity index (χ2v) is 5.27. The minimum absolute atomic E-state index is 0.344. The molecule has 2 heteroatoms. The van der Waals surface area contributed by atoms with E-state index in [2.05, 4.69) is 24.4 Å². The summed E-state index contributed by atoms with van der Waals surface area (Å²) in [6.45, 7) is 3.21. The van der Waals surface area contributed by atoms with Gasteiger partial charge in [-0.15, -0.1) is 0 Å². The van der Waals surface area contributed by atoms with Gasteiger partial charge in [-0.05, 0) is 63.3 Å². The molecule has 1 unspecified atom stereocenters. The van der Waals surface area contributed by atoms with E-state index in [1.165, 1.54) is 37.7 Å². The standard InChI is InChI=1S/C17H22N2/c1-14(17-9-7-16(13-18)8-10-17)19-12-11-15-5-3-2-4-6-15/h5,7-10,14,19H,2-4,6,11-12H2,1H3. The molecule has 2 nitrogen and oxygen atoms in total. The van der Waals surface area contributed by atoms with Gasteiger partial charge in [0.15, 0.2) is 0 Å². The molecule has 1 aromatic carbocycles. The first-order valence-electron chi connectivity index (χ1n) is 7.21. The van der Waals surface area contributed by atoms with E-state index in [0.29, 0.717) is 6.04 Å². The number of hydrogen-bond acceptors (Lipinski definition) is 2. The van der Waals surface area contributed by atoms with E-state index < -0.39 is 0 Å². The fourth-order valence-electron chi connectivity index (χ4n) is 2.55. The van der Waals surface area contributed by atoms with Crippen molar-refractivity contribution in [3.63, 3.8) is 0 Å². The van der Waals surface area contributed by atoms with Crippen LogP contribution in [0.2, 0.25) is 0 Å². The summed E-state index contributed by atoms with van der Waals surface area (Å²) in [5, 5.41) is 12.3. The van der Waals surface area contributed by atoms with Crippen LogP contribution in [-0.2, 0) is 0 Å². The molecule has 2 rings (SSSR count). The molecule has 0 saturated carbocycles. The summed E-state index contributed by atoms with van der Waals surface area (Å²) in [7, 11) is 0. The van der Waals surface area contributed by atoms with Crippen LogP contribution in [0.15, 0.2) is 35.9 Å². The Morgan fingerprint density at radius 3 is 2.68 bits per heavy atom. The molecular weight excluding hydrogens is 232 g/mol. The summed E-state index contributed by atoms with van der Waals surface area (Å²) in [4.78, 5) is 0. The maximum Gasteiger partial charge on any atom is 0.0991 e.